The van der Waals surface area contributed by atoms with Gasteiger partial charge in [0.15, 0.2) is 5.69 Å². The Morgan fingerprint density at radius 3 is 2.50 bits per heavy atom. The first kappa shape index (κ1) is 14.1. The molecule has 2 rings (SSSR count). The predicted octanol–water partition coefficient (Wildman–Crippen LogP) is 1.90. The van der Waals surface area contributed by atoms with E-state index in [-0.39, 0.29) is 16.8 Å². The van der Waals surface area contributed by atoms with E-state index < -0.39 is 22.5 Å². The van der Waals surface area contributed by atoms with Gasteiger partial charge in [-0.3, -0.25) is 10.1 Å². The third kappa shape index (κ3) is 2.51. The van der Waals surface area contributed by atoms with Crippen molar-refractivity contribution in [1.82, 2.24) is 9.78 Å². The largest absolute Gasteiger partial charge is 0.435 e. The Morgan fingerprint density at radius 2 is 2.00 bits per heavy atom. The van der Waals surface area contributed by atoms with Crippen molar-refractivity contribution in [3.63, 3.8) is 0 Å². The van der Waals surface area contributed by atoms with E-state index in [1.807, 2.05) is 0 Å². The number of hydrogen-bond donors (Lipinski definition) is 0. The molecule has 2 aromatic rings. The molecule has 5 nitrogen and oxygen atoms in total. The SMILES string of the molecule is [B]c1ccc(-n2nc(C(F)(F)F)cc2C)c([N+](=O)[O-])c1. The molecule has 0 aliphatic heterocycles. The lowest BCUT2D eigenvalue weighted by atomic mass is 9.95. The van der Waals surface area contributed by atoms with E-state index in [1.165, 1.54) is 19.1 Å². The van der Waals surface area contributed by atoms with E-state index in [0.717, 1.165) is 16.8 Å². The number of hydrogen-bond acceptors (Lipinski definition) is 3. The van der Waals surface area contributed by atoms with Crippen LogP contribution in [0.5, 0.6) is 0 Å². The lowest BCUT2D eigenvalue weighted by Gasteiger charge is -2.06. The summed E-state index contributed by atoms with van der Waals surface area (Å²) in [6.07, 6.45) is -4.61. The molecule has 1 aromatic carbocycles. The molecule has 0 aliphatic carbocycles. The lowest BCUT2D eigenvalue weighted by Crippen LogP contribution is -2.11. The van der Waals surface area contributed by atoms with E-state index in [0.29, 0.717) is 0 Å². The Hall–Kier alpha value is -2.32. The van der Waals surface area contributed by atoms with Gasteiger partial charge in [0.1, 0.15) is 13.5 Å². The number of nitrogens with zero attached hydrogens (tertiary/aromatic N) is 3. The summed E-state index contributed by atoms with van der Waals surface area (Å²) in [7, 11) is 5.44. The lowest BCUT2D eigenvalue weighted by molar-refractivity contribution is -0.384. The molecule has 20 heavy (non-hydrogen) atoms. The molecule has 0 aliphatic rings. The number of nitro benzene ring substituents is 1. The van der Waals surface area contributed by atoms with Crippen LogP contribution in [0.4, 0.5) is 18.9 Å². The van der Waals surface area contributed by atoms with Gasteiger partial charge < -0.3 is 0 Å². The number of alkyl halides is 3. The highest BCUT2D eigenvalue weighted by molar-refractivity contribution is 6.32. The van der Waals surface area contributed by atoms with Crippen LogP contribution in [0.25, 0.3) is 5.69 Å². The summed E-state index contributed by atoms with van der Waals surface area (Å²) in [5, 5.41) is 14.3. The number of halogens is 3. The van der Waals surface area contributed by atoms with Crippen LogP contribution in [-0.4, -0.2) is 22.6 Å². The molecule has 1 heterocycles. The summed E-state index contributed by atoms with van der Waals surface area (Å²) < 4.78 is 38.6. The molecular weight excluding hydrogens is 274 g/mol. The zero-order valence-electron chi connectivity index (χ0n) is 10.2. The van der Waals surface area contributed by atoms with Crippen LogP contribution in [-0.2, 0) is 6.18 Å². The highest BCUT2D eigenvalue weighted by Gasteiger charge is 2.35. The van der Waals surface area contributed by atoms with Gasteiger partial charge >= 0.3 is 6.18 Å². The second-order valence-electron chi connectivity index (χ2n) is 4.09. The van der Waals surface area contributed by atoms with Crippen molar-refractivity contribution in [3.05, 3.63) is 45.8 Å². The molecule has 1 aromatic heterocycles. The quantitative estimate of drug-likeness (QED) is 0.480. The van der Waals surface area contributed by atoms with Gasteiger partial charge in [-0.25, -0.2) is 4.68 Å². The third-order valence-corrected chi connectivity index (χ3v) is 2.60. The Bertz CT molecular complexity index is 682. The molecule has 0 spiro atoms. The van der Waals surface area contributed by atoms with Crippen LogP contribution in [0, 0.1) is 17.0 Å². The van der Waals surface area contributed by atoms with Crippen molar-refractivity contribution in [2.75, 3.05) is 0 Å². The van der Waals surface area contributed by atoms with Gasteiger partial charge in [-0.1, -0.05) is 11.5 Å². The van der Waals surface area contributed by atoms with Crippen molar-refractivity contribution in [3.8, 4) is 5.69 Å². The zero-order valence-corrected chi connectivity index (χ0v) is 10.2. The van der Waals surface area contributed by atoms with E-state index in [9.17, 15) is 23.3 Å². The topological polar surface area (TPSA) is 61.0 Å². The van der Waals surface area contributed by atoms with E-state index in [1.54, 1.807) is 0 Å². The van der Waals surface area contributed by atoms with Crippen molar-refractivity contribution >= 4 is 19.0 Å². The van der Waals surface area contributed by atoms with Crippen LogP contribution < -0.4 is 5.46 Å². The first-order chi connectivity index (χ1) is 9.20. The molecule has 0 amide bonds. The van der Waals surface area contributed by atoms with Gasteiger partial charge in [-0.2, -0.15) is 18.3 Å². The third-order valence-electron chi connectivity index (χ3n) is 2.60. The van der Waals surface area contributed by atoms with Crippen molar-refractivity contribution in [2.45, 2.75) is 13.1 Å². The molecule has 0 atom stereocenters. The summed E-state index contributed by atoms with van der Waals surface area (Å²) in [5.74, 6) is 0. The van der Waals surface area contributed by atoms with Crippen LogP contribution >= 0.6 is 0 Å². The van der Waals surface area contributed by atoms with Gasteiger partial charge in [-0.05, 0) is 19.1 Å². The Morgan fingerprint density at radius 1 is 1.35 bits per heavy atom. The Balaban J connectivity index is 2.63. The van der Waals surface area contributed by atoms with Gasteiger partial charge in [0, 0.05) is 11.8 Å². The van der Waals surface area contributed by atoms with Crippen LogP contribution in [0.3, 0.4) is 0 Å². The van der Waals surface area contributed by atoms with Gasteiger partial charge in [0.25, 0.3) is 5.69 Å². The fraction of sp³-hybridized carbons (Fsp3) is 0.182. The summed E-state index contributed by atoms with van der Waals surface area (Å²) in [5.41, 5.74) is -1.32. The highest BCUT2D eigenvalue weighted by Crippen LogP contribution is 2.30. The van der Waals surface area contributed by atoms with E-state index >= 15 is 0 Å². The second-order valence-corrected chi connectivity index (χ2v) is 4.09. The molecule has 0 fully saturated rings. The summed E-state index contributed by atoms with van der Waals surface area (Å²) >= 11 is 0. The van der Waals surface area contributed by atoms with Crippen molar-refractivity contribution in [1.29, 1.82) is 0 Å². The molecule has 0 N–H and O–H groups in total. The standard InChI is InChI=1S/C11H7BF3N3O2/c1-6-4-10(11(13,14)15)16-17(6)8-3-2-7(12)5-9(8)18(19)20/h2-5H,1H3. The Labute approximate surface area is 112 Å². The molecule has 102 valence electrons. The zero-order chi connectivity index (χ0) is 15.1. The maximum atomic E-state index is 12.6. The summed E-state index contributed by atoms with van der Waals surface area (Å²) in [4.78, 5) is 10.2. The minimum atomic E-state index is -4.61. The molecule has 2 radical (unpaired) electrons. The smallest absolute Gasteiger partial charge is 0.258 e. The minimum Gasteiger partial charge on any atom is -0.258 e. The van der Waals surface area contributed by atoms with Crippen LogP contribution in [0.1, 0.15) is 11.4 Å². The summed E-state index contributed by atoms with van der Waals surface area (Å²) in [6, 6.07) is 4.51. The molecule has 0 saturated heterocycles. The van der Waals surface area contributed by atoms with E-state index in [4.69, 9.17) is 7.85 Å². The average molecular weight is 281 g/mol. The van der Waals surface area contributed by atoms with Crippen molar-refractivity contribution in [2.24, 2.45) is 0 Å². The molecule has 0 unspecified atom stereocenters. The van der Waals surface area contributed by atoms with Crippen LogP contribution in [0.2, 0.25) is 0 Å². The predicted molar refractivity (Wildman–Crippen MR) is 65.3 cm³/mol. The number of rotatable bonds is 2. The number of aromatic nitrogens is 2. The number of benzene rings is 1. The molecular formula is C11H7BF3N3O2. The van der Waals surface area contributed by atoms with Gasteiger partial charge in [-0.15, -0.1) is 0 Å². The maximum Gasteiger partial charge on any atom is 0.435 e. The number of aryl methyl sites for hydroxylation is 1. The summed E-state index contributed by atoms with van der Waals surface area (Å²) in [6.45, 7) is 1.38. The minimum absolute atomic E-state index is 0.0720. The first-order valence-corrected chi connectivity index (χ1v) is 5.38. The molecule has 0 saturated carbocycles. The number of nitro groups is 1. The van der Waals surface area contributed by atoms with Gasteiger partial charge in [0.05, 0.1) is 4.92 Å². The highest BCUT2D eigenvalue weighted by atomic mass is 19.4. The normalized spacial score (nSPS) is 11.6. The maximum absolute atomic E-state index is 12.6. The molecule has 0 bridgehead atoms. The molecule has 9 heteroatoms. The fourth-order valence-electron chi connectivity index (χ4n) is 1.72. The van der Waals surface area contributed by atoms with Crippen LogP contribution in [0.15, 0.2) is 24.3 Å². The van der Waals surface area contributed by atoms with Gasteiger partial charge in [0.2, 0.25) is 0 Å². The monoisotopic (exact) mass is 281 g/mol. The fourth-order valence-corrected chi connectivity index (χ4v) is 1.72. The second kappa shape index (κ2) is 4.66. The average Bonchev–Trinajstić information content (AvgIpc) is 2.71. The van der Waals surface area contributed by atoms with E-state index in [2.05, 4.69) is 5.10 Å². The Kier molecular flexibility index (Phi) is 3.28. The van der Waals surface area contributed by atoms with Crippen molar-refractivity contribution < 1.29 is 18.1 Å². The first-order valence-electron chi connectivity index (χ1n) is 5.38.